The van der Waals surface area contributed by atoms with Crippen LogP contribution >= 0.6 is 0 Å². The number of carbonyl (C=O) groups excluding carboxylic acids is 1. The molecule has 1 fully saturated rings. The highest BCUT2D eigenvalue weighted by Gasteiger charge is 2.29. The molecule has 0 saturated carbocycles. The fraction of sp³-hybridized carbons (Fsp3) is 0.250. The number of morpholine rings is 1. The summed E-state index contributed by atoms with van der Waals surface area (Å²) in [6.07, 6.45) is 2.77. The van der Waals surface area contributed by atoms with Crippen molar-refractivity contribution in [1.29, 1.82) is 0 Å². The number of hydrogen-bond donors (Lipinski definition) is 1. The van der Waals surface area contributed by atoms with Gasteiger partial charge in [-0.15, -0.1) is 0 Å². The van der Waals surface area contributed by atoms with Gasteiger partial charge in [0.2, 0.25) is 15.9 Å². The molecule has 154 valence electrons. The van der Waals surface area contributed by atoms with Crippen LogP contribution in [0.5, 0.6) is 5.75 Å². The van der Waals surface area contributed by atoms with Gasteiger partial charge < -0.3 is 14.8 Å². The molecule has 0 aliphatic carbocycles. The fourth-order valence-electron chi connectivity index (χ4n) is 2.81. The number of amides is 1. The van der Waals surface area contributed by atoms with Crippen molar-refractivity contribution in [1.82, 2.24) is 4.31 Å². The average molecular weight is 420 g/mol. The first-order chi connectivity index (χ1) is 13.9. The first kappa shape index (κ1) is 21.0. The maximum absolute atomic E-state index is 13.0. The molecule has 0 aromatic heterocycles. The minimum absolute atomic E-state index is 0.0305. The summed E-state index contributed by atoms with van der Waals surface area (Å²) < 4.78 is 50.7. The lowest BCUT2D eigenvalue weighted by molar-refractivity contribution is -0.111. The number of rotatable bonds is 6. The second-order valence-electron chi connectivity index (χ2n) is 6.26. The van der Waals surface area contributed by atoms with E-state index in [-0.39, 0.29) is 23.7 Å². The van der Waals surface area contributed by atoms with E-state index in [4.69, 9.17) is 9.47 Å². The van der Waals surface area contributed by atoms with Gasteiger partial charge in [0.25, 0.3) is 0 Å². The van der Waals surface area contributed by atoms with Crippen LogP contribution < -0.4 is 10.1 Å². The molecule has 1 saturated heterocycles. The van der Waals surface area contributed by atoms with Gasteiger partial charge in [-0.1, -0.05) is 6.07 Å². The monoisotopic (exact) mass is 420 g/mol. The van der Waals surface area contributed by atoms with Crippen LogP contribution in [0.4, 0.5) is 10.1 Å². The quantitative estimate of drug-likeness (QED) is 0.726. The fourth-order valence-corrected chi connectivity index (χ4v) is 4.41. The highest BCUT2D eigenvalue weighted by atomic mass is 32.2. The number of methoxy groups -OCH3 is 1. The van der Waals surface area contributed by atoms with Crippen molar-refractivity contribution >= 4 is 27.7 Å². The van der Waals surface area contributed by atoms with Crippen LogP contribution in [0, 0.1) is 5.82 Å². The first-order valence-electron chi connectivity index (χ1n) is 8.91. The molecule has 0 atom stereocenters. The van der Waals surface area contributed by atoms with Crippen LogP contribution in [0.2, 0.25) is 0 Å². The average Bonchev–Trinajstić information content (AvgIpc) is 2.74. The molecule has 0 bridgehead atoms. The van der Waals surface area contributed by atoms with Crippen LogP contribution in [0.25, 0.3) is 6.08 Å². The van der Waals surface area contributed by atoms with Crippen molar-refractivity contribution in [3.63, 3.8) is 0 Å². The normalized spacial score (nSPS) is 15.4. The SMILES string of the molecule is COc1ccc(C=CC(=O)Nc2ccc(F)cc2)cc1S(=O)(=O)N1CCOCC1. The summed E-state index contributed by atoms with van der Waals surface area (Å²) in [6, 6.07) is 10.0. The maximum atomic E-state index is 13.0. The lowest BCUT2D eigenvalue weighted by atomic mass is 10.2. The molecule has 29 heavy (non-hydrogen) atoms. The van der Waals surface area contributed by atoms with E-state index in [1.807, 2.05) is 0 Å². The van der Waals surface area contributed by atoms with E-state index in [2.05, 4.69) is 5.32 Å². The Labute approximate surface area is 168 Å². The summed E-state index contributed by atoms with van der Waals surface area (Å²) >= 11 is 0. The zero-order valence-corrected chi connectivity index (χ0v) is 16.6. The Morgan fingerprint density at radius 2 is 1.86 bits per heavy atom. The van der Waals surface area contributed by atoms with Crippen LogP contribution in [0.3, 0.4) is 0 Å². The van der Waals surface area contributed by atoms with E-state index in [0.29, 0.717) is 24.5 Å². The van der Waals surface area contributed by atoms with Crippen molar-refractivity contribution in [2.24, 2.45) is 0 Å². The Morgan fingerprint density at radius 3 is 2.52 bits per heavy atom. The number of ether oxygens (including phenoxy) is 2. The van der Waals surface area contributed by atoms with Gasteiger partial charge >= 0.3 is 0 Å². The number of carbonyl (C=O) groups is 1. The lowest BCUT2D eigenvalue weighted by Crippen LogP contribution is -2.40. The first-order valence-corrected chi connectivity index (χ1v) is 10.3. The van der Waals surface area contributed by atoms with E-state index in [1.165, 1.54) is 53.9 Å². The molecule has 0 unspecified atom stereocenters. The predicted molar refractivity (Wildman–Crippen MR) is 107 cm³/mol. The molecular formula is C20H21FN2O5S. The van der Waals surface area contributed by atoms with Gasteiger partial charge in [0.05, 0.1) is 20.3 Å². The summed E-state index contributed by atoms with van der Waals surface area (Å²) in [5.74, 6) is -0.597. The van der Waals surface area contributed by atoms with E-state index < -0.39 is 21.7 Å². The third-order valence-corrected chi connectivity index (χ3v) is 6.23. The second kappa shape index (κ2) is 9.17. The van der Waals surface area contributed by atoms with Crippen LogP contribution in [-0.4, -0.2) is 52.0 Å². The zero-order chi connectivity index (χ0) is 20.9. The van der Waals surface area contributed by atoms with Crippen molar-refractivity contribution in [3.8, 4) is 5.75 Å². The van der Waals surface area contributed by atoms with Crippen molar-refractivity contribution in [3.05, 3.63) is 59.9 Å². The molecule has 2 aromatic rings. The molecule has 2 aromatic carbocycles. The van der Waals surface area contributed by atoms with E-state index in [9.17, 15) is 17.6 Å². The Hall–Kier alpha value is -2.75. The number of sulfonamides is 1. The van der Waals surface area contributed by atoms with Gasteiger partial charge in [0, 0.05) is 24.9 Å². The number of nitrogens with zero attached hydrogens (tertiary/aromatic N) is 1. The molecule has 1 aliphatic rings. The summed E-state index contributed by atoms with van der Waals surface area (Å²) in [4.78, 5) is 12.1. The minimum Gasteiger partial charge on any atom is -0.495 e. The van der Waals surface area contributed by atoms with Gasteiger partial charge in [-0.2, -0.15) is 4.31 Å². The largest absolute Gasteiger partial charge is 0.495 e. The summed E-state index contributed by atoms with van der Waals surface area (Å²) in [6.45, 7) is 1.21. The van der Waals surface area contributed by atoms with E-state index in [1.54, 1.807) is 12.1 Å². The van der Waals surface area contributed by atoms with E-state index in [0.717, 1.165) is 0 Å². The zero-order valence-electron chi connectivity index (χ0n) is 15.8. The molecule has 3 rings (SSSR count). The van der Waals surface area contributed by atoms with Gasteiger partial charge in [-0.3, -0.25) is 4.79 Å². The standard InChI is InChI=1S/C20H21FN2O5S/c1-27-18-8-2-15(3-9-20(24)22-17-6-4-16(21)5-7-17)14-19(18)29(25,26)23-10-12-28-13-11-23/h2-9,14H,10-13H2,1H3,(H,22,24). The third kappa shape index (κ3) is 5.20. The van der Waals surface area contributed by atoms with Crippen molar-refractivity contribution in [2.75, 3.05) is 38.7 Å². The Kier molecular flexibility index (Phi) is 6.63. The topological polar surface area (TPSA) is 84.9 Å². The van der Waals surface area contributed by atoms with Gasteiger partial charge in [-0.05, 0) is 48.0 Å². The van der Waals surface area contributed by atoms with Crippen LogP contribution in [-0.2, 0) is 19.6 Å². The van der Waals surface area contributed by atoms with E-state index >= 15 is 0 Å². The highest BCUT2D eigenvalue weighted by molar-refractivity contribution is 7.89. The molecule has 9 heteroatoms. The van der Waals surface area contributed by atoms with Crippen molar-refractivity contribution < 1.29 is 27.1 Å². The van der Waals surface area contributed by atoms with Crippen molar-refractivity contribution in [2.45, 2.75) is 4.90 Å². The second-order valence-corrected chi connectivity index (χ2v) is 8.16. The Bertz CT molecular complexity index is 1000. The molecular weight excluding hydrogens is 399 g/mol. The molecule has 7 nitrogen and oxygen atoms in total. The smallest absolute Gasteiger partial charge is 0.248 e. The third-order valence-electron chi connectivity index (χ3n) is 4.31. The molecule has 0 spiro atoms. The molecule has 1 heterocycles. The Balaban J connectivity index is 1.79. The number of hydrogen-bond acceptors (Lipinski definition) is 5. The summed E-state index contributed by atoms with van der Waals surface area (Å²) in [7, 11) is -2.36. The number of anilines is 1. The van der Waals surface area contributed by atoms with Gasteiger partial charge in [0.1, 0.15) is 16.5 Å². The summed E-state index contributed by atoms with van der Waals surface area (Å²) in [5, 5.41) is 2.60. The summed E-state index contributed by atoms with van der Waals surface area (Å²) in [5.41, 5.74) is 0.971. The molecule has 1 aliphatic heterocycles. The maximum Gasteiger partial charge on any atom is 0.248 e. The predicted octanol–water partition coefficient (Wildman–Crippen LogP) is 2.51. The molecule has 1 N–H and O–H groups in total. The number of halogens is 1. The highest BCUT2D eigenvalue weighted by Crippen LogP contribution is 2.28. The van der Waals surface area contributed by atoms with Crippen LogP contribution in [0.1, 0.15) is 5.56 Å². The lowest BCUT2D eigenvalue weighted by Gasteiger charge is -2.26. The van der Waals surface area contributed by atoms with Gasteiger partial charge in [-0.25, -0.2) is 12.8 Å². The molecule has 0 radical (unpaired) electrons. The minimum atomic E-state index is -3.76. The van der Waals surface area contributed by atoms with Gasteiger partial charge in [0.15, 0.2) is 0 Å². The number of nitrogens with one attached hydrogen (secondary N) is 1. The van der Waals surface area contributed by atoms with Crippen LogP contribution in [0.15, 0.2) is 53.4 Å². The Morgan fingerprint density at radius 1 is 1.17 bits per heavy atom. The number of benzene rings is 2. The molecule has 1 amide bonds.